The van der Waals surface area contributed by atoms with Gasteiger partial charge in [0.15, 0.2) is 11.6 Å². The summed E-state index contributed by atoms with van der Waals surface area (Å²) >= 11 is 1.16. The average Bonchev–Trinajstić information content (AvgIpc) is 3.42. The van der Waals surface area contributed by atoms with Crippen LogP contribution in [-0.2, 0) is 4.74 Å². The highest BCUT2D eigenvalue weighted by Gasteiger charge is 2.20. The molecule has 3 heterocycles. The quantitative estimate of drug-likeness (QED) is 0.693. The molecule has 1 saturated heterocycles. The maximum absolute atomic E-state index is 14.2. The van der Waals surface area contributed by atoms with E-state index in [9.17, 15) is 13.6 Å². The molecular formula is C19H17F2N3O2S. The highest BCUT2D eigenvalue weighted by molar-refractivity contribution is 7.10. The molecule has 8 heteroatoms. The third-order valence-electron chi connectivity index (χ3n) is 4.52. The predicted octanol–water partition coefficient (Wildman–Crippen LogP) is 3.99. The average molecular weight is 389 g/mol. The molecule has 27 heavy (non-hydrogen) atoms. The molecule has 1 aromatic carbocycles. The van der Waals surface area contributed by atoms with Crippen molar-refractivity contribution in [1.29, 1.82) is 0 Å². The van der Waals surface area contributed by atoms with E-state index in [2.05, 4.69) is 14.7 Å². The molecule has 0 saturated carbocycles. The van der Waals surface area contributed by atoms with Gasteiger partial charge < -0.3 is 15.0 Å². The molecule has 140 valence electrons. The van der Waals surface area contributed by atoms with Gasteiger partial charge in [0.25, 0.3) is 5.91 Å². The van der Waals surface area contributed by atoms with Crippen molar-refractivity contribution >= 4 is 17.4 Å². The molecule has 1 aliphatic rings. The van der Waals surface area contributed by atoms with Crippen LogP contribution in [-0.4, -0.2) is 34.5 Å². The molecule has 1 amide bonds. The minimum Gasteiger partial charge on any atom is -0.376 e. The van der Waals surface area contributed by atoms with Crippen molar-refractivity contribution in [3.8, 4) is 21.6 Å². The van der Waals surface area contributed by atoms with Gasteiger partial charge in [-0.05, 0) is 36.5 Å². The van der Waals surface area contributed by atoms with E-state index in [1.54, 1.807) is 12.3 Å². The third kappa shape index (κ3) is 3.63. The van der Waals surface area contributed by atoms with Crippen LogP contribution in [0.15, 0.2) is 36.7 Å². The number of nitrogens with one attached hydrogen (secondary N) is 2. The molecule has 3 aromatic rings. The first kappa shape index (κ1) is 17.8. The Morgan fingerprint density at radius 3 is 3.07 bits per heavy atom. The Balaban J connectivity index is 1.55. The number of ether oxygens (including phenoxy) is 1. The number of H-pyrrole nitrogens is 1. The Morgan fingerprint density at radius 2 is 2.26 bits per heavy atom. The number of carbonyl (C=O) groups is 1. The van der Waals surface area contributed by atoms with Gasteiger partial charge in [0, 0.05) is 42.2 Å². The van der Waals surface area contributed by atoms with Crippen molar-refractivity contribution in [3.63, 3.8) is 0 Å². The fourth-order valence-electron chi connectivity index (χ4n) is 3.12. The zero-order valence-corrected chi connectivity index (χ0v) is 15.1. The van der Waals surface area contributed by atoms with Gasteiger partial charge in [0.05, 0.1) is 11.0 Å². The first-order valence-electron chi connectivity index (χ1n) is 8.61. The zero-order valence-electron chi connectivity index (χ0n) is 14.3. The van der Waals surface area contributed by atoms with Crippen molar-refractivity contribution < 1.29 is 18.3 Å². The lowest BCUT2D eigenvalue weighted by Gasteiger charge is -2.09. The Labute approximate surface area is 158 Å². The normalized spacial score (nSPS) is 16.6. The monoisotopic (exact) mass is 389 g/mol. The maximum atomic E-state index is 14.2. The number of carbonyl (C=O) groups excluding carboxylic acids is 1. The van der Waals surface area contributed by atoms with Crippen LogP contribution >= 0.6 is 11.5 Å². The molecule has 1 atom stereocenters. The number of halogens is 2. The van der Waals surface area contributed by atoms with Crippen LogP contribution in [0.1, 0.15) is 23.3 Å². The first-order valence-corrected chi connectivity index (χ1v) is 9.38. The van der Waals surface area contributed by atoms with E-state index in [0.29, 0.717) is 28.2 Å². The van der Waals surface area contributed by atoms with E-state index < -0.39 is 11.6 Å². The molecule has 0 spiro atoms. The SMILES string of the molecule is O=C(NC[C@@H]1CCCO1)c1cc(-c2sncc2-c2cccc(F)c2F)c[nH]1. The summed E-state index contributed by atoms with van der Waals surface area (Å²) < 4.78 is 37.3. The minimum atomic E-state index is -0.913. The lowest BCUT2D eigenvalue weighted by molar-refractivity contribution is 0.0854. The molecular weight excluding hydrogens is 372 g/mol. The van der Waals surface area contributed by atoms with Crippen molar-refractivity contribution in [2.75, 3.05) is 13.2 Å². The van der Waals surface area contributed by atoms with Crippen LogP contribution < -0.4 is 5.32 Å². The number of nitrogens with zero attached hydrogens (tertiary/aromatic N) is 1. The summed E-state index contributed by atoms with van der Waals surface area (Å²) in [6, 6.07) is 5.72. The summed E-state index contributed by atoms with van der Waals surface area (Å²) in [6.45, 7) is 1.20. The molecule has 2 aromatic heterocycles. The molecule has 5 nitrogen and oxygen atoms in total. The van der Waals surface area contributed by atoms with Crippen molar-refractivity contribution in [3.05, 3.63) is 54.0 Å². The Bertz CT molecular complexity index is 964. The second-order valence-electron chi connectivity index (χ2n) is 6.32. The van der Waals surface area contributed by atoms with Crippen LogP contribution in [0.4, 0.5) is 8.78 Å². The number of amides is 1. The largest absolute Gasteiger partial charge is 0.376 e. The highest BCUT2D eigenvalue weighted by Crippen LogP contribution is 2.37. The summed E-state index contributed by atoms with van der Waals surface area (Å²) in [5.74, 6) is -2.06. The van der Waals surface area contributed by atoms with Crippen LogP contribution in [0.3, 0.4) is 0 Å². The molecule has 0 radical (unpaired) electrons. The van der Waals surface area contributed by atoms with E-state index in [4.69, 9.17) is 4.74 Å². The van der Waals surface area contributed by atoms with E-state index in [1.807, 2.05) is 0 Å². The van der Waals surface area contributed by atoms with Crippen LogP contribution in [0.25, 0.3) is 21.6 Å². The minimum absolute atomic E-state index is 0.0624. The summed E-state index contributed by atoms with van der Waals surface area (Å²) in [6.07, 6.45) is 5.18. The Kier molecular flexibility index (Phi) is 5.00. The second kappa shape index (κ2) is 7.58. The van der Waals surface area contributed by atoms with Crippen LogP contribution in [0.5, 0.6) is 0 Å². The standard InChI is InChI=1S/C19H17F2N3O2S/c20-15-5-1-4-13(17(15)21)14-10-24-27-18(14)11-7-16(22-8-11)19(25)23-9-12-3-2-6-26-12/h1,4-5,7-8,10,12,22H,2-3,6,9H2,(H,23,25)/t12-/m0/s1. The van der Waals surface area contributed by atoms with Crippen LogP contribution in [0, 0.1) is 11.6 Å². The van der Waals surface area contributed by atoms with E-state index in [0.717, 1.165) is 37.0 Å². The topological polar surface area (TPSA) is 67.0 Å². The lowest BCUT2D eigenvalue weighted by atomic mass is 10.0. The van der Waals surface area contributed by atoms with Gasteiger partial charge in [-0.2, -0.15) is 4.37 Å². The molecule has 0 aliphatic carbocycles. The predicted molar refractivity (Wildman–Crippen MR) is 98.6 cm³/mol. The lowest BCUT2D eigenvalue weighted by Crippen LogP contribution is -2.31. The van der Waals surface area contributed by atoms with Gasteiger partial charge in [-0.25, -0.2) is 8.78 Å². The summed E-state index contributed by atoms with van der Waals surface area (Å²) in [4.78, 5) is 15.9. The van der Waals surface area contributed by atoms with E-state index >= 15 is 0 Å². The summed E-state index contributed by atoms with van der Waals surface area (Å²) in [5, 5.41) is 2.85. The number of aromatic nitrogens is 2. The van der Waals surface area contributed by atoms with Gasteiger partial charge in [-0.1, -0.05) is 12.1 Å². The Morgan fingerprint density at radius 1 is 1.37 bits per heavy atom. The fraction of sp³-hybridized carbons (Fsp3) is 0.263. The first-order chi connectivity index (χ1) is 13.1. The molecule has 0 unspecified atom stereocenters. The summed E-state index contributed by atoms with van der Waals surface area (Å²) in [7, 11) is 0. The molecule has 1 fully saturated rings. The van der Waals surface area contributed by atoms with Gasteiger partial charge in [0.2, 0.25) is 0 Å². The third-order valence-corrected chi connectivity index (χ3v) is 5.37. The molecule has 0 bridgehead atoms. The van der Waals surface area contributed by atoms with Crippen molar-refractivity contribution in [2.24, 2.45) is 0 Å². The van der Waals surface area contributed by atoms with Gasteiger partial charge in [0.1, 0.15) is 5.69 Å². The van der Waals surface area contributed by atoms with E-state index in [1.165, 1.54) is 18.3 Å². The van der Waals surface area contributed by atoms with Gasteiger partial charge in [-0.15, -0.1) is 0 Å². The van der Waals surface area contributed by atoms with E-state index in [-0.39, 0.29) is 17.6 Å². The van der Waals surface area contributed by atoms with Gasteiger partial charge in [-0.3, -0.25) is 4.79 Å². The smallest absolute Gasteiger partial charge is 0.267 e. The highest BCUT2D eigenvalue weighted by atomic mass is 32.1. The number of hydrogen-bond donors (Lipinski definition) is 2. The summed E-state index contributed by atoms with van der Waals surface area (Å²) in [5.41, 5.74) is 1.71. The van der Waals surface area contributed by atoms with Gasteiger partial charge >= 0.3 is 0 Å². The maximum Gasteiger partial charge on any atom is 0.267 e. The molecule has 4 rings (SSSR count). The van der Waals surface area contributed by atoms with Crippen molar-refractivity contribution in [2.45, 2.75) is 18.9 Å². The van der Waals surface area contributed by atoms with Crippen molar-refractivity contribution in [1.82, 2.24) is 14.7 Å². The molecule has 2 N–H and O–H groups in total. The van der Waals surface area contributed by atoms with Crippen LogP contribution in [0.2, 0.25) is 0 Å². The number of hydrogen-bond acceptors (Lipinski definition) is 4. The number of benzene rings is 1. The number of rotatable bonds is 5. The Hall–Kier alpha value is -2.58. The zero-order chi connectivity index (χ0) is 18.8. The number of aromatic amines is 1. The fourth-order valence-corrected chi connectivity index (χ4v) is 3.86. The second-order valence-corrected chi connectivity index (χ2v) is 7.12. The molecule has 1 aliphatic heterocycles.